The van der Waals surface area contributed by atoms with Gasteiger partial charge in [0.25, 0.3) is 5.91 Å². The number of amides is 1. The predicted molar refractivity (Wildman–Crippen MR) is 67.2 cm³/mol. The fraction of sp³-hybridized carbons (Fsp3) is 0.500. The molecule has 1 aliphatic heterocycles. The van der Waals surface area contributed by atoms with Crippen LogP contribution in [0, 0.1) is 19.3 Å². The number of nitrogens with one attached hydrogen (secondary N) is 1. The normalized spacial score (nSPS) is 17.4. The summed E-state index contributed by atoms with van der Waals surface area (Å²) in [5.74, 6) is 0.00113. The lowest BCUT2D eigenvalue weighted by molar-refractivity contribution is -0.0978. The first kappa shape index (κ1) is 12.1. The Balaban J connectivity index is 1.97. The van der Waals surface area contributed by atoms with Gasteiger partial charge in [0, 0.05) is 17.5 Å². The minimum absolute atomic E-state index is 0.00113. The van der Waals surface area contributed by atoms with Gasteiger partial charge in [-0.05, 0) is 37.1 Å². The largest absolute Gasteiger partial charge is 0.380 e. The van der Waals surface area contributed by atoms with Crippen LogP contribution in [-0.4, -0.2) is 25.7 Å². The van der Waals surface area contributed by atoms with Crippen LogP contribution in [0.15, 0.2) is 18.2 Å². The van der Waals surface area contributed by atoms with Crippen molar-refractivity contribution in [1.29, 1.82) is 0 Å². The van der Waals surface area contributed by atoms with E-state index in [4.69, 9.17) is 4.74 Å². The molecule has 1 heterocycles. The SMILES string of the molecule is Cc1ccc(C(=O)NCC2(C)COC2)cc1C. The molecule has 1 aliphatic rings. The van der Waals surface area contributed by atoms with Gasteiger partial charge in [-0.2, -0.15) is 0 Å². The zero-order valence-electron chi connectivity index (χ0n) is 10.7. The van der Waals surface area contributed by atoms with E-state index in [0.29, 0.717) is 6.54 Å². The molecule has 2 rings (SSSR count). The van der Waals surface area contributed by atoms with E-state index in [1.165, 1.54) is 5.56 Å². The Hall–Kier alpha value is -1.35. The van der Waals surface area contributed by atoms with Crippen LogP contribution in [0.25, 0.3) is 0 Å². The Labute approximate surface area is 102 Å². The van der Waals surface area contributed by atoms with Crippen LogP contribution >= 0.6 is 0 Å². The van der Waals surface area contributed by atoms with Crippen molar-refractivity contribution in [3.05, 3.63) is 34.9 Å². The van der Waals surface area contributed by atoms with Crippen LogP contribution in [0.5, 0.6) is 0 Å². The molecule has 92 valence electrons. The van der Waals surface area contributed by atoms with Gasteiger partial charge in [0.1, 0.15) is 0 Å². The first-order valence-corrected chi connectivity index (χ1v) is 5.93. The molecule has 1 aromatic rings. The molecule has 3 nitrogen and oxygen atoms in total. The zero-order chi connectivity index (χ0) is 12.5. The standard InChI is InChI=1S/C14H19NO2/c1-10-4-5-12(6-11(10)2)13(16)15-7-14(3)8-17-9-14/h4-6H,7-9H2,1-3H3,(H,15,16). The number of carbonyl (C=O) groups is 1. The number of aryl methyl sites for hydroxylation is 2. The Morgan fingerprint density at radius 1 is 1.35 bits per heavy atom. The van der Waals surface area contributed by atoms with E-state index < -0.39 is 0 Å². The molecule has 1 saturated heterocycles. The Morgan fingerprint density at radius 2 is 2.06 bits per heavy atom. The Kier molecular flexibility index (Phi) is 3.20. The molecule has 0 atom stereocenters. The number of benzene rings is 1. The van der Waals surface area contributed by atoms with Crippen molar-refractivity contribution in [2.75, 3.05) is 19.8 Å². The van der Waals surface area contributed by atoms with Crippen molar-refractivity contribution in [3.8, 4) is 0 Å². The molecule has 1 amide bonds. The highest BCUT2D eigenvalue weighted by atomic mass is 16.5. The van der Waals surface area contributed by atoms with E-state index >= 15 is 0 Å². The van der Waals surface area contributed by atoms with E-state index in [2.05, 4.69) is 12.2 Å². The third kappa shape index (κ3) is 2.67. The third-order valence-corrected chi connectivity index (χ3v) is 3.35. The van der Waals surface area contributed by atoms with Gasteiger partial charge in [0.2, 0.25) is 0 Å². The first-order valence-electron chi connectivity index (χ1n) is 5.93. The van der Waals surface area contributed by atoms with Crippen molar-refractivity contribution in [2.24, 2.45) is 5.41 Å². The highest BCUT2D eigenvalue weighted by Crippen LogP contribution is 2.25. The number of ether oxygens (including phenoxy) is 1. The van der Waals surface area contributed by atoms with Crippen molar-refractivity contribution < 1.29 is 9.53 Å². The minimum atomic E-state index is 0.00113. The highest BCUT2D eigenvalue weighted by molar-refractivity contribution is 5.94. The summed E-state index contributed by atoms with van der Waals surface area (Å²) >= 11 is 0. The summed E-state index contributed by atoms with van der Waals surface area (Å²) in [5, 5.41) is 2.97. The topological polar surface area (TPSA) is 38.3 Å². The number of hydrogen-bond acceptors (Lipinski definition) is 2. The van der Waals surface area contributed by atoms with Crippen LogP contribution in [0.3, 0.4) is 0 Å². The van der Waals surface area contributed by atoms with Crippen molar-refractivity contribution in [2.45, 2.75) is 20.8 Å². The zero-order valence-corrected chi connectivity index (χ0v) is 10.7. The van der Waals surface area contributed by atoms with Crippen LogP contribution in [0.2, 0.25) is 0 Å². The maximum atomic E-state index is 11.9. The third-order valence-electron chi connectivity index (χ3n) is 3.35. The summed E-state index contributed by atoms with van der Waals surface area (Å²) in [5.41, 5.74) is 3.21. The van der Waals surface area contributed by atoms with Gasteiger partial charge in [-0.25, -0.2) is 0 Å². The molecule has 1 aromatic carbocycles. The fourth-order valence-corrected chi connectivity index (χ4v) is 1.83. The van der Waals surface area contributed by atoms with Crippen LogP contribution < -0.4 is 5.32 Å². The van der Waals surface area contributed by atoms with E-state index in [1.807, 2.05) is 32.0 Å². The van der Waals surface area contributed by atoms with Gasteiger partial charge in [-0.15, -0.1) is 0 Å². The van der Waals surface area contributed by atoms with Gasteiger partial charge in [0.05, 0.1) is 13.2 Å². The maximum Gasteiger partial charge on any atom is 0.251 e. The van der Waals surface area contributed by atoms with Gasteiger partial charge >= 0.3 is 0 Å². The molecule has 0 aliphatic carbocycles. The predicted octanol–water partition coefficient (Wildman–Crippen LogP) is 2.07. The van der Waals surface area contributed by atoms with Crippen molar-refractivity contribution >= 4 is 5.91 Å². The van der Waals surface area contributed by atoms with Gasteiger partial charge in [0.15, 0.2) is 0 Å². The van der Waals surface area contributed by atoms with Gasteiger partial charge < -0.3 is 10.1 Å². The maximum absolute atomic E-state index is 11.9. The van der Waals surface area contributed by atoms with E-state index in [0.717, 1.165) is 24.3 Å². The molecule has 0 saturated carbocycles. The second-order valence-electron chi connectivity index (χ2n) is 5.29. The molecule has 17 heavy (non-hydrogen) atoms. The average molecular weight is 233 g/mol. The Bertz CT molecular complexity index is 436. The van der Waals surface area contributed by atoms with Gasteiger partial charge in [-0.1, -0.05) is 13.0 Å². The summed E-state index contributed by atoms with van der Waals surface area (Å²) in [6, 6.07) is 5.79. The monoisotopic (exact) mass is 233 g/mol. The number of rotatable bonds is 3. The quantitative estimate of drug-likeness (QED) is 0.868. The van der Waals surface area contributed by atoms with Crippen molar-refractivity contribution in [3.63, 3.8) is 0 Å². The molecule has 1 N–H and O–H groups in total. The first-order chi connectivity index (χ1) is 8.00. The second-order valence-corrected chi connectivity index (χ2v) is 5.29. The molecule has 0 radical (unpaired) electrons. The molecular weight excluding hydrogens is 214 g/mol. The average Bonchev–Trinajstić information content (AvgIpc) is 2.27. The van der Waals surface area contributed by atoms with Crippen LogP contribution in [0.1, 0.15) is 28.4 Å². The highest BCUT2D eigenvalue weighted by Gasteiger charge is 2.33. The summed E-state index contributed by atoms with van der Waals surface area (Å²) in [4.78, 5) is 11.9. The molecule has 1 fully saturated rings. The number of carbonyl (C=O) groups excluding carboxylic acids is 1. The fourth-order valence-electron chi connectivity index (χ4n) is 1.83. The van der Waals surface area contributed by atoms with E-state index in [9.17, 15) is 4.79 Å². The van der Waals surface area contributed by atoms with Gasteiger partial charge in [-0.3, -0.25) is 4.79 Å². The number of hydrogen-bond donors (Lipinski definition) is 1. The molecule has 0 spiro atoms. The summed E-state index contributed by atoms with van der Waals surface area (Å²) < 4.78 is 5.16. The Morgan fingerprint density at radius 3 is 2.59 bits per heavy atom. The lowest BCUT2D eigenvalue weighted by Crippen LogP contribution is -2.48. The van der Waals surface area contributed by atoms with Crippen molar-refractivity contribution in [1.82, 2.24) is 5.32 Å². The van der Waals surface area contributed by atoms with Crippen LogP contribution in [0.4, 0.5) is 0 Å². The smallest absolute Gasteiger partial charge is 0.251 e. The summed E-state index contributed by atoms with van der Waals surface area (Å²) in [7, 11) is 0. The summed E-state index contributed by atoms with van der Waals surface area (Å²) in [6.45, 7) is 8.34. The summed E-state index contributed by atoms with van der Waals surface area (Å²) in [6.07, 6.45) is 0. The van der Waals surface area contributed by atoms with Crippen LogP contribution in [-0.2, 0) is 4.74 Å². The second kappa shape index (κ2) is 4.49. The lowest BCUT2D eigenvalue weighted by Gasteiger charge is -2.38. The molecule has 0 bridgehead atoms. The molecule has 3 heteroatoms. The molecular formula is C14H19NO2. The lowest BCUT2D eigenvalue weighted by atomic mass is 9.88. The molecule has 0 aromatic heterocycles. The molecule has 0 unspecified atom stereocenters. The van der Waals surface area contributed by atoms with E-state index in [1.54, 1.807) is 0 Å². The minimum Gasteiger partial charge on any atom is -0.380 e. The van der Waals surface area contributed by atoms with E-state index in [-0.39, 0.29) is 11.3 Å².